The zero-order valence-electron chi connectivity index (χ0n) is 12.4. The summed E-state index contributed by atoms with van der Waals surface area (Å²) in [5, 5.41) is 4.33. The van der Waals surface area contributed by atoms with Gasteiger partial charge < -0.3 is 4.90 Å². The molecular weight excluding hydrogens is 234 g/mol. The Morgan fingerprint density at radius 2 is 2.00 bits per heavy atom. The maximum Gasteiger partial charge on any atom is 0.0489 e. The predicted octanol–water partition coefficient (Wildman–Crippen LogP) is 3.17. The minimum absolute atomic E-state index is 0.580. The fourth-order valence-electron chi connectivity index (χ4n) is 3.88. The zero-order chi connectivity index (χ0) is 13.3. The van der Waals surface area contributed by atoms with Crippen molar-refractivity contribution < 1.29 is 0 Å². The van der Waals surface area contributed by atoms with Gasteiger partial charge in [-0.3, -0.25) is 4.68 Å². The zero-order valence-corrected chi connectivity index (χ0v) is 12.4. The summed E-state index contributed by atoms with van der Waals surface area (Å²) in [6.07, 6.45) is 10.9. The molecule has 1 saturated heterocycles. The van der Waals surface area contributed by atoms with Crippen LogP contribution >= 0.6 is 0 Å². The molecule has 2 heterocycles. The van der Waals surface area contributed by atoms with Gasteiger partial charge in [0.15, 0.2) is 0 Å². The number of aromatic nitrogens is 2. The lowest BCUT2D eigenvalue weighted by atomic mass is 9.91. The molecule has 1 aliphatic carbocycles. The highest BCUT2D eigenvalue weighted by atomic mass is 15.3. The van der Waals surface area contributed by atoms with Crippen molar-refractivity contribution in [2.45, 2.75) is 58.5 Å². The Labute approximate surface area is 117 Å². The molecule has 2 aliphatic rings. The summed E-state index contributed by atoms with van der Waals surface area (Å²) >= 11 is 0. The van der Waals surface area contributed by atoms with E-state index in [-0.39, 0.29) is 0 Å². The van der Waals surface area contributed by atoms with E-state index in [4.69, 9.17) is 0 Å². The third-order valence-corrected chi connectivity index (χ3v) is 5.11. The van der Waals surface area contributed by atoms with Gasteiger partial charge in [0.05, 0.1) is 0 Å². The number of nitrogens with zero attached hydrogens (tertiary/aromatic N) is 3. The molecule has 1 atom stereocenters. The molecule has 106 valence electrons. The van der Waals surface area contributed by atoms with Crippen LogP contribution in [0.5, 0.6) is 0 Å². The van der Waals surface area contributed by atoms with E-state index in [1.54, 1.807) is 0 Å². The van der Waals surface area contributed by atoms with Crippen molar-refractivity contribution in [2.75, 3.05) is 13.1 Å². The van der Waals surface area contributed by atoms with E-state index in [2.05, 4.69) is 34.7 Å². The van der Waals surface area contributed by atoms with Crippen LogP contribution in [0.2, 0.25) is 0 Å². The Balaban J connectivity index is 1.47. The molecule has 1 aromatic heterocycles. The average Bonchev–Trinajstić information content (AvgIpc) is 3.00. The molecule has 0 radical (unpaired) electrons. The lowest BCUT2D eigenvalue weighted by Crippen LogP contribution is -2.41. The van der Waals surface area contributed by atoms with Crippen LogP contribution in [0.1, 0.15) is 46.0 Å². The normalized spacial score (nSPS) is 28.8. The Hall–Kier alpha value is -0.830. The van der Waals surface area contributed by atoms with E-state index < -0.39 is 0 Å². The average molecular weight is 261 g/mol. The van der Waals surface area contributed by atoms with Crippen molar-refractivity contribution in [3.63, 3.8) is 0 Å². The van der Waals surface area contributed by atoms with Gasteiger partial charge in [-0.05, 0) is 62.6 Å². The maximum absolute atomic E-state index is 4.33. The van der Waals surface area contributed by atoms with Crippen LogP contribution in [0.25, 0.3) is 0 Å². The molecular formula is C16H27N3. The first kappa shape index (κ1) is 13.2. The number of likely N-dealkylation sites (tertiary alicyclic amines) is 1. The van der Waals surface area contributed by atoms with E-state index >= 15 is 0 Å². The lowest BCUT2D eigenvalue weighted by molar-refractivity contribution is 0.120. The second-order valence-electron chi connectivity index (χ2n) is 7.27. The second kappa shape index (κ2) is 5.28. The van der Waals surface area contributed by atoms with Crippen molar-refractivity contribution in [1.29, 1.82) is 0 Å². The van der Waals surface area contributed by atoms with Crippen molar-refractivity contribution in [1.82, 2.24) is 14.7 Å². The molecule has 3 rings (SSSR count). The van der Waals surface area contributed by atoms with Gasteiger partial charge in [-0.2, -0.15) is 5.10 Å². The molecule has 0 spiro atoms. The molecule has 2 fully saturated rings. The number of hydrogen-bond acceptors (Lipinski definition) is 2. The number of rotatable bonds is 3. The minimum Gasteiger partial charge on any atom is -0.300 e. The quantitative estimate of drug-likeness (QED) is 0.833. The van der Waals surface area contributed by atoms with Crippen LogP contribution in [0.15, 0.2) is 18.5 Å². The van der Waals surface area contributed by atoms with Gasteiger partial charge in [0.2, 0.25) is 0 Å². The topological polar surface area (TPSA) is 21.1 Å². The largest absolute Gasteiger partial charge is 0.300 e. The van der Waals surface area contributed by atoms with Crippen LogP contribution in [-0.4, -0.2) is 33.8 Å². The summed E-state index contributed by atoms with van der Waals surface area (Å²) in [4.78, 5) is 2.76. The van der Waals surface area contributed by atoms with Gasteiger partial charge >= 0.3 is 0 Å². The molecule has 1 aliphatic heterocycles. The highest BCUT2D eigenvalue weighted by Crippen LogP contribution is 2.40. The standard InChI is InChI=1S/C16H27N3/c1-16(2)7-4-15(12-16)18-10-5-14(6-11-18)13-19-9-3-8-17-19/h3,8-9,14-15H,4-7,10-13H2,1-2H3. The van der Waals surface area contributed by atoms with E-state index in [0.29, 0.717) is 5.41 Å². The van der Waals surface area contributed by atoms with Gasteiger partial charge in [0.25, 0.3) is 0 Å². The Bertz CT molecular complexity index is 388. The highest BCUT2D eigenvalue weighted by molar-refractivity contribution is 4.90. The molecule has 0 aromatic carbocycles. The highest BCUT2D eigenvalue weighted by Gasteiger charge is 2.35. The Morgan fingerprint density at radius 3 is 2.58 bits per heavy atom. The Morgan fingerprint density at radius 1 is 1.21 bits per heavy atom. The first-order valence-electron chi connectivity index (χ1n) is 7.84. The molecule has 1 unspecified atom stereocenters. The first-order chi connectivity index (χ1) is 9.12. The van der Waals surface area contributed by atoms with E-state index in [0.717, 1.165) is 18.5 Å². The number of piperidine rings is 1. The Kier molecular flexibility index (Phi) is 3.66. The fraction of sp³-hybridized carbons (Fsp3) is 0.812. The van der Waals surface area contributed by atoms with Gasteiger partial charge in [0, 0.05) is 25.0 Å². The fourth-order valence-corrected chi connectivity index (χ4v) is 3.88. The molecule has 1 aromatic rings. The van der Waals surface area contributed by atoms with E-state index in [9.17, 15) is 0 Å². The monoisotopic (exact) mass is 261 g/mol. The maximum atomic E-state index is 4.33. The SMILES string of the molecule is CC1(C)CCC(N2CCC(Cn3cccn3)CC2)C1. The number of hydrogen-bond donors (Lipinski definition) is 0. The second-order valence-corrected chi connectivity index (χ2v) is 7.27. The molecule has 0 N–H and O–H groups in total. The predicted molar refractivity (Wildman–Crippen MR) is 77.9 cm³/mol. The molecule has 3 heteroatoms. The molecule has 0 amide bonds. The van der Waals surface area contributed by atoms with Gasteiger partial charge in [-0.1, -0.05) is 13.8 Å². The van der Waals surface area contributed by atoms with Crippen LogP contribution in [0.3, 0.4) is 0 Å². The molecule has 1 saturated carbocycles. The summed E-state index contributed by atoms with van der Waals surface area (Å²) < 4.78 is 2.10. The van der Waals surface area contributed by atoms with Gasteiger partial charge in [-0.25, -0.2) is 0 Å². The molecule has 19 heavy (non-hydrogen) atoms. The van der Waals surface area contributed by atoms with Crippen molar-refractivity contribution in [2.24, 2.45) is 11.3 Å². The third-order valence-electron chi connectivity index (χ3n) is 5.11. The smallest absolute Gasteiger partial charge is 0.0489 e. The lowest BCUT2D eigenvalue weighted by Gasteiger charge is -2.36. The summed E-state index contributed by atoms with van der Waals surface area (Å²) in [5.74, 6) is 0.825. The third kappa shape index (κ3) is 3.19. The summed E-state index contributed by atoms with van der Waals surface area (Å²) in [6.45, 7) is 8.56. The van der Waals surface area contributed by atoms with Crippen LogP contribution in [0, 0.1) is 11.3 Å². The van der Waals surface area contributed by atoms with Gasteiger partial charge in [-0.15, -0.1) is 0 Å². The first-order valence-corrected chi connectivity index (χ1v) is 7.84. The van der Waals surface area contributed by atoms with E-state index in [1.165, 1.54) is 45.2 Å². The van der Waals surface area contributed by atoms with Crippen molar-refractivity contribution >= 4 is 0 Å². The van der Waals surface area contributed by atoms with Gasteiger partial charge in [0.1, 0.15) is 0 Å². The summed E-state index contributed by atoms with van der Waals surface area (Å²) in [7, 11) is 0. The van der Waals surface area contributed by atoms with Crippen LogP contribution in [-0.2, 0) is 6.54 Å². The summed E-state index contributed by atoms with van der Waals surface area (Å²) in [6, 6.07) is 2.89. The summed E-state index contributed by atoms with van der Waals surface area (Å²) in [5.41, 5.74) is 0.580. The minimum atomic E-state index is 0.580. The van der Waals surface area contributed by atoms with Crippen molar-refractivity contribution in [3.8, 4) is 0 Å². The van der Waals surface area contributed by atoms with Crippen LogP contribution < -0.4 is 0 Å². The molecule has 3 nitrogen and oxygen atoms in total. The molecule has 0 bridgehead atoms. The van der Waals surface area contributed by atoms with E-state index in [1.807, 2.05) is 12.3 Å². The van der Waals surface area contributed by atoms with Crippen LogP contribution in [0.4, 0.5) is 0 Å². The van der Waals surface area contributed by atoms with Crippen molar-refractivity contribution in [3.05, 3.63) is 18.5 Å².